The van der Waals surface area contributed by atoms with E-state index < -0.39 is 0 Å². The van der Waals surface area contributed by atoms with Gasteiger partial charge in [-0.25, -0.2) is 15.0 Å². The fourth-order valence-electron chi connectivity index (χ4n) is 2.01. The number of nitrogens with zero attached hydrogens (tertiary/aromatic N) is 4. The van der Waals surface area contributed by atoms with Crippen molar-refractivity contribution in [2.45, 2.75) is 27.2 Å². The lowest BCUT2D eigenvalue weighted by Gasteiger charge is -2.12. The predicted molar refractivity (Wildman–Crippen MR) is 72.5 cm³/mol. The van der Waals surface area contributed by atoms with Crippen LogP contribution in [0.15, 0.2) is 12.4 Å². The van der Waals surface area contributed by atoms with Gasteiger partial charge in [0.1, 0.15) is 5.82 Å². The average molecular weight is 245 g/mol. The number of anilines is 1. The van der Waals surface area contributed by atoms with Gasteiger partial charge in [-0.1, -0.05) is 6.92 Å². The van der Waals surface area contributed by atoms with E-state index in [4.69, 9.17) is 0 Å². The number of aryl methyl sites for hydroxylation is 2. The third-order valence-electron chi connectivity index (χ3n) is 2.93. The maximum absolute atomic E-state index is 4.59. The van der Waals surface area contributed by atoms with Crippen LogP contribution in [0.5, 0.6) is 0 Å². The molecular weight excluding hydrogens is 226 g/mol. The monoisotopic (exact) mass is 245 g/mol. The summed E-state index contributed by atoms with van der Waals surface area (Å²) in [6.07, 6.45) is 4.58. The molecule has 0 aromatic carbocycles. The van der Waals surface area contributed by atoms with Crippen LogP contribution in [-0.4, -0.2) is 26.1 Å². The van der Waals surface area contributed by atoms with Crippen molar-refractivity contribution in [1.29, 1.82) is 0 Å². The summed E-state index contributed by atoms with van der Waals surface area (Å²) >= 11 is 0. The Morgan fingerprint density at radius 1 is 1.28 bits per heavy atom. The molecule has 2 aromatic heterocycles. The maximum atomic E-state index is 4.59. The van der Waals surface area contributed by atoms with Gasteiger partial charge in [-0.05, 0) is 20.3 Å². The Morgan fingerprint density at radius 2 is 2.06 bits per heavy atom. The van der Waals surface area contributed by atoms with Gasteiger partial charge in [0.05, 0.1) is 0 Å². The molecule has 96 valence electrons. The van der Waals surface area contributed by atoms with Crippen LogP contribution in [-0.2, 0) is 13.5 Å². The van der Waals surface area contributed by atoms with E-state index in [1.165, 1.54) is 5.56 Å². The zero-order valence-corrected chi connectivity index (χ0v) is 11.4. The maximum Gasteiger partial charge on any atom is 0.198 e. The molecule has 0 spiro atoms. The second kappa shape index (κ2) is 5.16. The summed E-state index contributed by atoms with van der Waals surface area (Å²) in [5.74, 6) is 2.39. The Kier molecular flexibility index (Phi) is 3.60. The molecule has 5 nitrogen and oxygen atoms in total. The third kappa shape index (κ3) is 2.20. The molecule has 2 heterocycles. The molecule has 0 aliphatic rings. The summed E-state index contributed by atoms with van der Waals surface area (Å²) < 4.78 is 1.93. The second-order valence-corrected chi connectivity index (χ2v) is 4.21. The van der Waals surface area contributed by atoms with Crippen LogP contribution in [0.25, 0.3) is 11.6 Å². The number of imidazole rings is 1. The smallest absolute Gasteiger partial charge is 0.198 e. The van der Waals surface area contributed by atoms with Gasteiger partial charge < -0.3 is 9.88 Å². The molecule has 5 heteroatoms. The normalized spacial score (nSPS) is 10.7. The zero-order valence-electron chi connectivity index (χ0n) is 11.4. The van der Waals surface area contributed by atoms with Crippen molar-refractivity contribution in [2.24, 2.45) is 7.05 Å². The standard InChI is InChI=1S/C13H19N5/c1-5-10-9(3)16-12(17-11(10)14-6-2)13-15-7-8-18(13)4/h7-8H,5-6H2,1-4H3,(H,14,16,17). The van der Waals surface area contributed by atoms with Crippen LogP contribution in [0.2, 0.25) is 0 Å². The SMILES string of the molecule is CCNc1nc(-c2nccn2C)nc(C)c1CC. The van der Waals surface area contributed by atoms with Crippen LogP contribution in [0.1, 0.15) is 25.1 Å². The van der Waals surface area contributed by atoms with Gasteiger partial charge >= 0.3 is 0 Å². The molecular formula is C13H19N5. The van der Waals surface area contributed by atoms with Crippen LogP contribution < -0.4 is 5.32 Å². The van der Waals surface area contributed by atoms with Crippen LogP contribution >= 0.6 is 0 Å². The number of hydrogen-bond donors (Lipinski definition) is 1. The topological polar surface area (TPSA) is 55.6 Å². The molecule has 0 radical (unpaired) electrons. The van der Waals surface area contributed by atoms with Crippen LogP contribution in [0, 0.1) is 6.92 Å². The van der Waals surface area contributed by atoms with E-state index in [1.807, 2.05) is 24.7 Å². The number of nitrogens with one attached hydrogen (secondary N) is 1. The minimum absolute atomic E-state index is 0.674. The van der Waals surface area contributed by atoms with Gasteiger partial charge in [0.2, 0.25) is 0 Å². The van der Waals surface area contributed by atoms with E-state index in [1.54, 1.807) is 6.20 Å². The summed E-state index contributed by atoms with van der Waals surface area (Å²) in [6, 6.07) is 0. The first-order chi connectivity index (χ1) is 8.67. The fraction of sp³-hybridized carbons (Fsp3) is 0.462. The highest BCUT2D eigenvalue weighted by molar-refractivity contribution is 5.54. The lowest BCUT2D eigenvalue weighted by atomic mass is 10.1. The number of hydrogen-bond acceptors (Lipinski definition) is 4. The highest BCUT2D eigenvalue weighted by Crippen LogP contribution is 2.21. The Labute approximate surface area is 107 Å². The Morgan fingerprint density at radius 3 is 2.61 bits per heavy atom. The summed E-state index contributed by atoms with van der Waals surface area (Å²) in [6.45, 7) is 7.06. The van der Waals surface area contributed by atoms with Crippen LogP contribution in [0.3, 0.4) is 0 Å². The number of rotatable bonds is 4. The van der Waals surface area contributed by atoms with E-state index >= 15 is 0 Å². The summed E-state index contributed by atoms with van der Waals surface area (Å²) in [5.41, 5.74) is 2.19. The Hall–Kier alpha value is -1.91. The molecule has 0 saturated carbocycles. The van der Waals surface area contributed by atoms with E-state index in [0.29, 0.717) is 5.82 Å². The van der Waals surface area contributed by atoms with Crippen molar-refractivity contribution in [3.05, 3.63) is 23.7 Å². The van der Waals surface area contributed by atoms with Gasteiger partial charge in [-0.2, -0.15) is 0 Å². The second-order valence-electron chi connectivity index (χ2n) is 4.21. The molecule has 0 atom stereocenters. The molecule has 0 unspecified atom stereocenters. The van der Waals surface area contributed by atoms with Gasteiger partial charge in [0, 0.05) is 37.2 Å². The fourth-order valence-corrected chi connectivity index (χ4v) is 2.01. The molecule has 0 amide bonds. The first kappa shape index (κ1) is 12.5. The van der Waals surface area contributed by atoms with Gasteiger partial charge in [-0.3, -0.25) is 0 Å². The molecule has 2 rings (SSSR count). The minimum atomic E-state index is 0.674. The predicted octanol–water partition coefficient (Wildman–Crippen LogP) is 2.18. The van der Waals surface area contributed by atoms with Crippen molar-refractivity contribution in [3.63, 3.8) is 0 Å². The number of aromatic nitrogens is 4. The largest absolute Gasteiger partial charge is 0.370 e. The summed E-state index contributed by atoms with van der Waals surface area (Å²) in [5, 5.41) is 3.30. The van der Waals surface area contributed by atoms with Gasteiger partial charge in [-0.15, -0.1) is 0 Å². The van der Waals surface area contributed by atoms with E-state index in [2.05, 4.69) is 34.1 Å². The molecule has 2 aromatic rings. The van der Waals surface area contributed by atoms with E-state index in [0.717, 1.165) is 30.3 Å². The Balaban J connectivity index is 2.54. The third-order valence-corrected chi connectivity index (χ3v) is 2.93. The van der Waals surface area contributed by atoms with Crippen molar-refractivity contribution < 1.29 is 0 Å². The average Bonchev–Trinajstić information content (AvgIpc) is 2.75. The lowest BCUT2D eigenvalue weighted by Crippen LogP contribution is -2.09. The van der Waals surface area contributed by atoms with Gasteiger partial charge in [0.15, 0.2) is 11.6 Å². The van der Waals surface area contributed by atoms with Crippen LogP contribution in [0.4, 0.5) is 5.82 Å². The van der Waals surface area contributed by atoms with Crippen molar-refractivity contribution in [3.8, 4) is 11.6 Å². The zero-order chi connectivity index (χ0) is 13.1. The van der Waals surface area contributed by atoms with Crippen molar-refractivity contribution >= 4 is 5.82 Å². The molecule has 0 aliphatic heterocycles. The van der Waals surface area contributed by atoms with E-state index in [9.17, 15) is 0 Å². The molecule has 1 N–H and O–H groups in total. The lowest BCUT2D eigenvalue weighted by molar-refractivity contribution is 0.894. The highest BCUT2D eigenvalue weighted by atomic mass is 15.1. The van der Waals surface area contributed by atoms with Crippen molar-refractivity contribution in [2.75, 3.05) is 11.9 Å². The molecule has 0 aliphatic carbocycles. The minimum Gasteiger partial charge on any atom is -0.370 e. The van der Waals surface area contributed by atoms with E-state index in [-0.39, 0.29) is 0 Å². The Bertz CT molecular complexity index is 544. The van der Waals surface area contributed by atoms with Crippen molar-refractivity contribution in [1.82, 2.24) is 19.5 Å². The first-order valence-electron chi connectivity index (χ1n) is 6.26. The summed E-state index contributed by atoms with van der Waals surface area (Å²) in [4.78, 5) is 13.4. The molecule has 0 bridgehead atoms. The molecule has 0 saturated heterocycles. The molecule has 18 heavy (non-hydrogen) atoms. The highest BCUT2D eigenvalue weighted by Gasteiger charge is 2.13. The molecule has 0 fully saturated rings. The first-order valence-corrected chi connectivity index (χ1v) is 6.26. The van der Waals surface area contributed by atoms with Gasteiger partial charge in [0.25, 0.3) is 0 Å². The quantitative estimate of drug-likeness (QED) is 0.897. The summed E-state index contributed by atoms with van der Waals surface area (Å²) in [7, 11) is 1.95.